The second kappa shape index (κ2) is 4.84. The lowest BCUT2D eigenvalue weighted by Gasteiger charge is -1.98. The van der Waals surface area contributed by atoms with Crippen LogP contribution in [0.2, 0.25) is 0 Å². The van der Waals surface area contributed by atoms with Crippen LogP contribution in [0.15, 0.2) is 12.5 Å². The molecule has 86 valence electrons. The Morgan fingerprint density at radius 1 is 1.44 bits per heavy atom. The fourth-order valence-electron chi connectivity index (χ4n) is 1.40. The molecule has 0 bridgehead atoms. The van der Waals surface area contributed by atoms with Crippen molar-refractivity contribution < 1.29 is 5.11 Å². The van der Waals surface area contributed by atoms with Crippen LogP contribution in [0.25, 0.3) is 0 Å². The summed E-state index contributed by atoms with van der Waals surface area (Å²) < 4.78 is 3.42. The average Bonchev–Trinajstić information content (AvgIpc) is 2.87. The number of aliphatic hydroxyl groups excluding tert-OH is 1. The summed E-state index contributed by atoms with van der Waals surface area (Å²) in [5.41, 5.74) is 0.885. The van der Waals surface area contributed by atoms with Gasteiger partial charge in [-0.3, -0.25) is 4.68 Å². The van der Waals surface area contributed by atoms with Crippen LogP contribution >= 0.6 is 0 Å². The molecule has 0 unspecified atom stereocenters. The lowest BCUT2D eigenvalue weighted by atomic mass is 10.3. The van der Waals surface area contributed by atoms with Gasteiger partial charge in [-0.25, -0.2) is 9.67 Å². The number of hydrogen-bond acceptors (Lipinski definition) is 5. The zero-order chi connectivity index (χ0) is 11.4. The molecule has 0 saturated carbocycles. The SMILES string of the molecule is Cn1ncnc1Cn1cc(CCCO)nn1. The summed E-state index contributed by atoms with van der Waals surface area (Å²) in [7, 11) is 1.84. The molecular weight excluding hydrogens is 208 g/mol. The monoisotopic (exact) mass is 222 g/mol. The lowest BCUT2D eigenvalue weighted by Crippen LogP contribution is -2.07. The van der Waals surface area contributed by atoms with Crippen molar-refractivity contribution in [2.45, 2.75) is 19.4 Å². The van der Waals surface area contributed by atoms with Crippen LogP contribution in [0.1, 0.15) is 17.9 Å². The third-order valence-corrected chi connectivity index (χ3v) is 2.29. The van der Waals surface area contributed by atoms with Gasteiger partial charge in [0.05, 0.1) is 5.69 Å². The van der Waals surface area contributed by atoms with E-state index in [0.717, 1.165) is 17.9 Å². The molecule has 7 nitrogen and oxygen atoms in total. The number of aliphatic hydroxyl groups is 1. The molecule has 0 aliphatic rings. The smallest absolute Gasteiger partial charge is 0.148 e. The van der Waals surface area contributed by atoms with Gasteiger partial charge in [0.15, 0.2) is 0 Å². The fraction of sp³-hybridized carbons (Fsp3) is 0.556. The van der Waals surface area contributed by atoms with Crippen molar-refractivity contribution >= 4 is 0 Å². The summed E-state index contributed by atoms with van der Waals surface area (Å²) in [6, 6.07) is 0. The standard InChI is InChI=1S/C9H14N6O/c1-14-9(10-7-11-14)6-15-5-8(12-13-15)3-2-4-16/h5,7,16H,2-4,6H2,1H3. The highest BCUT2D eigenvalue weighted by Gasteiger charge is 2.04. The first-order chi connectivity index (χ1) is 7.79. The van der Waals surface area contributed by atoms with E-state index in [-0.39, 0.29) is 6.61 Å². The zero-order valence-electron chi connectivity index (χ0n) is 9.11. The Labute approximate surface area is 92.7 Å². The average molecular weight is 222 g/mol. The highest BCUT2D eigenvalue weighted by atomic mass is 16.2. The largest absolute Gasteiger partial charge is 0.396 e. The molecule has 2 aromatic rings. The number of hydrogen-bond donors (Lipinski definition) is 1. The third-order valence-electron chi connectivity index (χ3n) is 2.29. The summed E-state index contributed by atoms with van der Waals surface area (Å²) >= 11 is 0. The minimum Gasteiger partial charge on any atom is -0.396 e. The van der Waals surface area contributed by atoms with Gasteiger partial charge in [0.2, 0.25) is 0 Å². The van der Waals surface area contributed by atoms with Crippen molar-refractivity contribution in [2.24, 2.45) is 7.05 Å². The molecular formula is C9H14N6O. The van der Waals surface area contributed by atoms with Crippen LogP contribution in [-0.2, 0) is 20.0 Å². The van der Waals surface area contributed by atoms with Crippen molar-refractivity contribution in [3.63, 3.8) is 0 Å². The van der Waals surface area contributed by atoms with Crippen LogP contribution in [0.4, 0.5) is 0 Å². The van der Waals surface area contributed by atoms with Crippen molar-refractivity contribution in [1.82, 2.24) is 29.8 Å². The fourth-order valence-corrected chi connectivity index (χ4v) is 1.40. The number of rotatable bonds is 5. The summed E-state index contributed by atoms with van der Waals surface area (Å²) in [4.78, 5) is 4.11. The van der Waals surface area contributed by atoms with E-state index >= 15 is 0 Å². The van der Waals surface area contributed by atoms with Crippen molar-refractivity contribution in [3.8, 4) is 0 Å². The van der Waals surface area contributed by atoms with Gasteiger partial charge in [-0.05, 0) is 12.8 Å². The van der Waals surface area contributed by atoms with Gasteiger partial charge in [0.1, 0.15) is 18.7 Å². The Balaban J connectivity index is 2.00. The molecule has 2 rings (SSSR count). The van der Waals surface area contributed by atoms with E-state index < -0.39 is 0 Å². The van der Waals surface area contributed by atoms with Crippen LogP contribution < -0.4 is 0 Å². The van der Waals surface area contributed by atoms with Gasteiger partial charge in [-0.2, -0.15) is 5.10 Å². The van der Waals surface area contributed by atoms with E-state index in [9.17, 15) is 0 Å². The van der Waals surface area contributed by atoms with Gasteiger partial charge < -0.3 is 5.11 Å². The molecule has 1 N–H and O–H groups in total. The first-order valence-electron chi connectivity index (χ1n) is 5.12. The maximum absolute atomic E-state index is 8.70. The molecule has 0 amide bonds. The van der Waals surface area contributed by atoms with Gasteiger partial charge in [-0.1, -0.05) is 5.21 Å². The number of aromatic nitrogens is 6. The highest BCUT2D eigenvalue weighted by molar-refractivity contribution is 4.94. The molecule has 0 saturated heterocycles. The van der Waals surface area contributed by atoms with E-state index in [2.05, 4.69) is 20.4 Å². The summed E-state index contributed by atoms with van der Waals surface area (Å²) in [5, 5.41) is 20.7. The lowest BCUT2D eigenvalue weighted by molar-refractivity contribution is 0.288. The minimum absolute atomic E-state index is 0.177. The summed E-state index contributed by atoms with van der Waals surface area (Å²) in [5.74, 6) is 0.832. The van der Waals surface area contributed by atoms with E-state index in [1.165, 1.54) is 6.33 Å². The maximum atomic E-state index is 8.70. The molecule has 2 heterocycles. The molecule has 2 aromatic heterocycles. The second-order valence-corrected chi connectivity index (χ2v) is 3.53. The molecule has 0 aliphatic heterocycles. The van der Waals surface area contributed by atoms with Gasteiger partial charge in [-0.15, -0.1) is 5.10 Å². The Morgan fingerprint density at radius 2 is 2.31 bits per heavy atom. The topological polar surface area (TPSA) is 81.7 Å². The third kappa shape index (κ3) is 2.43. The predicted molar refractivity (Wildman–Crippen MR) is 55.5 cm³/mol. The maximum Gasteiger partial charge on any atom is 0.148 e. The van der Waals surface area contributed by atoms with Crippen molar-refractivity contribution in [1.29, 1.82) is 0 Å². The van der Waals surface area contributed by atoms with Crippen LogP contribution in [0.5, 0.6) is 0 Å². The van der Waals surface area contributed by atoms with Crippen molar-refractivity contribution in [2.75, 3.05) is 6.61 Å². The quantitative estimate of drug-likeness (QED) is 0.729. The van der Waals surface area contributed by atoms with Crippen molar-refractivity contribution in [3.05, 3.63) is 24.0 Å². The van der Waals surface area contributed by atoms with Crippen LogP contribution in [0, 0.1) is 0 Å². The Kier molecular flexibility index (Phi) is 3.25. The molecule has 0 atom stereocenters. The molecule has 0 spiro atoms. The van der Waals surface area contributed by atoms with E-state index in [4.69, 9.17) is 5.11 Å². The number of nitrogens with zero attached hydrogens (tertiary/aromatic N) is 6. The Hall–Kier alpha value is -1.76. The normalized spacial score (nSPS) is 10.9. The molecule has 0 radical (unpaired) electrons. The zero-order valence-corrected chi connectivity index (χ0v) is 9.11. The Bertz CT molecular complexity index is 448. The van der Waals surface area contributed by atoms with E-state index in [0.29, 0.717) is 13.0 Å². The summed E-state index contributed by atoms with van der Waals surface area (Å²) in [6.07, 6.45) is 4.83. The molecule has 7 heteroatoms. The van der Waals surface area contributed by atoms with Gasteiger partial charge >= 0.3 is 0 Å². The first kappa shape index (κ1) is 10.7. The molecule has 0 aliphatic carbocycles. The minimum atomic E-state index is 0.177. The molecule has 0 fully saturated rings. The van der Waals surface area contributed by atoms with Crippen LogP contribution in [-0.4, -0.2) is 41.5 Å². The van der Waals surface area contributed by atoms with E-state index in [1.54, 1.807) is 9.36 Å². The predicted octanol–water partition coefficient (Wildman–Crippen LogP) is -0.620. The van der Waals surface area contributed by atoms with Gasteiger partial charge in [0.25, 0.3) is 0 Å². The second-order valence-electron chi connectivity index (χ2n) is 3.53. The van der Waals surface area contributed by atoms with Gasteiger partial charge in [0, 0.05) is 19.9 Å². The first-order valence-corrected chi connectivity index (χ1v) is 5.12. The Morgan fingerprint density at radius 3 is 3.00 bits per heavy atom. The number of aryl methyl sites for hydroxylation is 2. The molecule has 0 aromatic carbocycles. The van der Waals surface area contributed by atoms with Crippen LogP contribution in [0.3, 0.4) is 0 Å². The highest BCUT2D eigenvalue weighted by Crippen LogP contribution is 2.00. The molecule has 16 heavy (non-hydrogen) atoms. The summed E-state index contributed by atoms with van der Waals surface area (Å²) in [6.45, 7) is 0.735. The van der Waals surface area contributed by atoms with E-state index in [1.807, 2.05) is 13.2 Å².